The number of halogens is 2. The zero-order chi connectivity index (χ0) is 18.3. The molecule has 0 aromatic heterocycles. The fourth-order valence-corrected chi connectivity index (χ4v) is 3.81. The molecule has 1 aliphatic heterocycles. The van der Waals surface area contributed by atoms with Gasteiger partial charge in [0.05, 0.1) is 5.41 Å². The van der Waals surface area contributed by atoms with Crippen LogP contribution in [0.1, 0.15) is 64.0 Å². The maximum atomic E-state index is 12.7. The van der Waals surface area contributed by atoms with Crippen LogP contribution in [0.25, 0.3) is 0 Å². The van der Waals surface area contributed by atoms with E-state index in [1.54, 1.807) is 0 Å². The monoisotopic (exact) mass is 417 g/mol. The highest BCUT2D eigenvalue weighted by Gasteiger charge is 2.33. The number of piperidine rings is 1. The molecule has 156 valence electrons. The predicted octanol–water partition coefficient (Wildman–Crippen LogP) is 4.29. The minimum atomic E-state index is -0.434. The first-order chi connectivity index (χ1) is 12.1. The van der Waals surface area contributed by atoms with Gasteiger partial charge in [-0.15, -0.1) is 24.8 Å². The van der Waals surface area contributed by atoms with Gasteiger partial charge in [0.2, 0.25) is 5.91 Å². The number of nitrogens with zero attached hydrogens (tertiary/aromatic N) is 1. The van der Waals surface area contributed by atoms with Gasteiger partial charge in [-0.25, -0.2) is 0 Å². The van der Waals surface area contributed by atoms with Crippen LogP contribution < -0.4 is 11.1 Å². The Labute approximate surface area is 177 Å². The summed E-state index contributed by atoms with van der Waals surface area (Å²) in [6, 6.07) is 9.12. The summed E-state index contributed by atoms with van der Waals surface area (Å²) >= 11 is 0. The van der Waals surface area contributed by atoms with E-state index in [4.69, 9.17) is 5.73 Å². The summed E-state index contributed by atoms with van der Waals surface area (Å²) in [5.41, 5.74) is 8.00. The molecule has 6 heteroatoms. The average Bonchev–Trinajstić information content (AvgIpc) is 2.65. The largest absolute Gasteiger partial charge is 0.351 e. The van der Waals surface area contributed by atoms with Crippen molar-refractivity contribution in [3.8, 4) is 0 Å². The SMILES string of the molecule is CCC(CC)(CN)C(=O)NCc1ccccc1CN1CCCCC1C.Cl.Cl. The third-order valence-electron chi connectivity index (χ3n) is 6.10. The number of nitrogens with two attached hydrogens (primary N) is 1. The Morgan fingerprint density at radius 3 is 2.37 bits per heavy atom. The van der Waals surface area contributed by atoms with Crippen LogP contribution in [0.15, 0.2) is 24.3 Å². The molecule has 1 amide bonds. The zero-order valence-electron chi connectivity index (χ0n) is 17.0. The van der Waals surface area contributed by atoms with Crippen molar-refractivity contribution in [1.82, 2.24) is 10.2 Å². The Morgan fingerprint density at radius 1 is 1.19 bits per heavy atom. The molecule has 1 fully saturated rings. The van der Waals surface area contributed by atoms with Crippen molar-refractivity contribution in [3.63, 3.8) is 0 Å². The molecule has 1 atom stereocenters. The summed E-state index contributed by atoms with van der Waals surface area (Å²) in [7, 11) is 0. The van der Waals surface area contributed by atoms with E-state index in [0.717, 1.165) is 19.4 Å². The van der Waals surface area contributed by atoms with Crippen molar-refractivity contribution in [2.75, 3.05) is 13.1 Å². The summed E-state index contributed by atoms with van der Waals surface area (Å²) < 4.78 is 0. The molecule has 1 aliphatic rings. The van der Waals surface area contributed by atoms with Gasteiger partial charge in [0.25, 0.3) is 0 Å². The number of hydrogen-bond donors (Lipinski definition) is 2. The van der Waals surface area contributed by atoms with Crippen molar-refractivity contribution in [2.45, 2.75) is 72.0 Å². The van der Waals surface area contributed by atoms with Gasteiger partial charge in [0.15, 0.2) is 0 Å². The highest BCUT2D eigenvalue weighted by Crippen LogP contribution is 2.25. The molecular weight excluding hydrogens is 381 g/mol. The fourth-order valence-electron chi connectivity index (χ4n) is 3.81. The first-order valence-corrected chi connectivity index (χ1v) is 9.85. The van der Waals surface area contributed by atoms with E-state index < -0.39 is 5.41 Å². The van der Waals surface area contributed by atoms with Crippen molar-refractivity contribution < 1.29 is 4.79 Å². The minimum Gasteiger partial charge on any atom is -0.351 e. The van der Waals surface area contributed by atoms with Gasteiger partial charge in [-0.1, -0.05) is 44.5 Å². The molecule has 1 saturated heterocycles. The molecule has 0 aliphatic carbocycles. The lowest BCUT2D eigenvalue weighted by Crippen LogP contribution is -2.45. The number of benzene rings is 1. The number of rotatable bonds is 8. The molecule has 4 nitrogen and oxygen atoms in total. The molecule has 0 bridgehead atoms. The predicted molar refractivity (Wildman–Crippen MR) is 119 cm³/mol. The Hall–Kier alpha value is -0.810. The quantitative estimate of drug-likeness (QED) is 0.662. The summed E-state index contributed by atoms with van der Waals surface area (Å²) in [4.78, 5) is 15.2. The zero-order valence-corrected chi connectivity index (χ0v) is 18.6. The van der Waals surface area contributed by atoms with E-state index in [1.807, 2.05) is 13.8 Å². The maximum absolute atomic E-state index is 12.7. The molecule has 3 N–H and O–H groups in total. The van der Waals surface area contributed by atoms with Crippen molar-refractivity contribution in [1.29, 1.82) is 0 Å². The Bertz CT molecular complexity index is 556. The number of nitrogens with one attached hydrogen (secondary N) is 1. The molecule has 1 heterocycles. The summed E-state index contributed by atoms with van der Waals surface area (Å²) in [5, 5.41) is 3.14. The third-order valence-corrected chi connectivity index (χ3v) is 6.10. The van der Waals surface area contributed by atoms with Crippen LogP contribution >= 0.6 is 24.8 Å². The topological polar surface area (TPSA) is 58.4 Å². The lowest BCUT2D eigenvalue weighted by molar-refractivity contribution is -0.131. The highest BCUT2D eigenvalue weighted by atomic mass is 35.5. The smallest absolute Gasteiger partial charge is 0.227 e. The molecule has 1 aromatic carbocycles. The Balaban J connectivity index is 0.00000338. The molecule has 1 aromatic rings. The number of carbonyl (C=O) groups is 1. The second-order valence-electron chi connectivity index (χ2n) is 7.46. The van der Waals surface area contributed by atoms with Gasteiger partial charge in [-0.2, -0.15) is 0 Å². The maximum Gasteiger partial charge on any atom is 0.227 e. The lowest BCUT2D eigenvalue weighted by atomic mass is 9.81. The van der Waals surface area contributed by atoms with E-state index in [2.05, 4.69) is 41.4 Å². The average molecular weight is 418 g/mol. The van der Waals surface area contributed by atoms with Gasteiger partial charge in [-0.3, -0.25) is 9.69 Å². The van der Waals surface area contributed by atoms with Gasteiger partial charge < -0.3 is 11.1 Å². The summed E-state index contributed by atoms with van der Waals surface area (Å²) in [6.45, 7) is 9.53. The van der Waals surface area contributed by atoms with Crippen LogP contribution in [-0.2, 0) is 17.9 Å². The Morgan fingerprint density at radius 2 is 1.81 bits per heavy atom. The van der Waals surface area contributed by atoms with Gasteiger partial charge in [0, 0.05) is 25.7 Å². The third kappa shape index (κ3) is 6.63. The first-order valence-electron chi connectivity index (χ1n) is 9.85. The minimum absolute atomic E-state index is 0. The van der Waals surface area contributed by atoms with Gasteiger partial charge >= 0.3 is 0 Å². The number of carbonyl (C=O) groups excluding carboxylic acids is 1. The van der Waals surface area contributed by atoms with Crippen molar-refractivity contribution in [3.05, 3.63) is 35.4 Å². The summed E-state index contributed by atoms with van der Waals surface area (Å²) in [6.07, 6.45) is 5.46. The second kappa shape index (κ2) is 12.6. The normalized spacial score (nSPS) is 17.6. The van der Waals surface area contributed by atoms with Crippen LogP contribution in [-0.4, -0.2) is 29.9 Å². The standard InChI is InChI=1S/C21H35N3O.2ClH/c1-4-21(5-2,16-22)20(25)23-14-18-11-6-7-12-19(18)15-24-13-9-8-10-17(24)3;;/h6-7,11-12,17H,4-5,8-10,13-16,22H2,1-3H3,(H,23,25);2*1H. The molecule has 0 radical (unpaired) electrons. The van der Waals surface area contributed by atoms with Crippen LogP contribution in [0.2, 0.25) is 0 Å². The fraction of sp³-hybridized carbons (Fsp3) is 0.667. The van der Waals surface area contributed by atoms with Crippen LogP contribution in [0, 0.1) is 5.41 Å². The molecule has 0 spiro atoms. The van der Waals surface area contributed by atoms with Crippen LogP contribution in [0.5, 0.6) is 0 Å². The number of hydrogen-bond acceptors (Lipinski definition) is 3. The molecule has 2 rings (SSSR count). The van der Waals surface area contributed by atoms with E-state index in [1.165, 1.54) is 36.9 Å². The Kier molecular flexibility index (Phi) is 12.2. The van der Waals surface area contributed by atoms with Crippen LogP contribution in [0.4, 0.5) is 0 Å². The van der Waals surface area contributed by atoms with Crippen molar-refractivity contribution >= 4 is 30.7 Å². The molecule has 27 heavy (non-hydrogen) atoms. The van der Waals surface area contributed by atoms with Gasteiger partial charge in [-0.05, 0) is 50.3 Å². The van der Waals surface area contributed by atoms with Crippen LogP contribution in [0.3, 0.4) is 0 Å². The van der Waals surface area contributed by atoms with Gasteiger partial charge in [0.1, 0.15) is 0 Å². The van der Waals surface area contributed by atoms with Crippen molar-refractivity contribution in [2.24, 2.45) is 11.1 Å². The van der Waals surface area contributed by atoms with E-state index >= 15 is 0 Å². The second-order valence-corrected chi connectivity index (χ2v) is 7.46. The van der Waals surface area contributed by atoms with E-state index in [0.29, 0.717) is 19.1 Å². The number of amides is 1. The molecule has 0 saturated carbocycles. The number of likely N-dealkylation sites (tertiary alicyclic amines) is 1. The molecular formula is C21H37Cl2N3O. The highest BCUT2D eigenvalue weighted by molar-refractivity contribution is 5.85. The van der Waals surface area contributed by atoms with E-state index in [-0.39, 0.29) is 30.7 Å². The van der Waals surface area contributed by atoms with E-state index in [9.17, 15) is 4.79 Å². The lowest BCUT2D eigenvalue weighted by Gasteiger charge is -2.34. The first kappa shape index (κ1) is 26.2. The molecule has 1 unspecified atom stereocenters. The summed E-state index contributed by atoms with van der Waals surface area (Å²) in [5.74, 6) is 0.0844.